The van der Waals surface area contributed by atoms with E-state index in [1.807, 2.05) is 43.3 Å². The summed E-state index contributed by atoms with van der Waals surface area (Å²) in [4.78, 5) is 0. The first-order chi connectivity index (χ1) is 10.2. The van der Waals surface area contributed by atoms with E-state index < -0.39 is 0 Å². The van der Waals surface area contributed by atoms with Gasteiger partial charge in [0.2, 0.25) is 0 Å². The molecule has 2 aromatic carbocycles. The van der Waals surface area contributed by atoms with E-state index in [1.54, 1.807) is 0 Å². The molecule has 3 heteroatoms. The molecular weight excluding hydrogens is 284 g/mol. The summed E-state index contributed by atoms with van der Waals surface area (Å²) in [5.41, 5.74) is 3.43. The molecule has 0 saturated heterocycles. The third kappa shape index (κ3) is 3.01. The van der Waals surface area contributed by atoms with Crippen molar-refractivity contribution >= 4 is 11.6 Å². The molecule has 0 spiro atoms. The fourth-order valence-electron chi connectivity index (χ4n) is 2.69. The Kier molecular flexibility index (Phi) is 4.07. The van der Waals surface area contributed by atoms with Gasteiger partial charge in [0.25, 0.3) is 0 Å². The van der Waals surface area contributed by atoms with Gasteiger partial charge in [0.15, 0.2) is 0 Å². The minimum atomic E-state index is -0.151. The molecule has 0 bridgehead atoms. The van der Waals surface area contributed by atoms with Crippen LogP contribution in [-0.2, 0) is 6.42 Å². The van der Waals surface area contributed by atoms with Gasteiger partial charge in [0.05, 0.1) is 12.0 Å². The molecule has 0 aliphatic carbocycles. The van der Waals surface area contributed by atoms with Gasteiger partial charge in [-0.05, 0) is 48.7 Å². The summed E-state index contributed by atoms with van der Waals surface area (Å²) in [6, 6.07) is 14.2. The summed E-state index contributed by atoms with van der Waals surface area (Å²) in [6.45, 7) is 4.74. The van der Waals surface area contributed by atoms with Crippen LogP contribution >= 0.6 is 11.6 Å². The highest BCUT2D eigenvalue weighted by Crippen LogP contribution is 2.35. The fourth-order valence-corrected chi connectivity index (χ4v) is 2.97. The molecule has 21 heavy (non-hydrogen) atoms. The predicted molar refractivity (Wildman–Crippen MR) is 85.5 cm³/mol. The van der Waals surface area contributed by atoms with E-state index in [-0.39, 0.29) is 11.5 Å². The average molecular weight is 303 g/mol. The van der Waals surface area contributed by atoms with E-state index in [2.05, 4.69) is 13.0 Å². The van der Waals surface area contributed by atoms with Gasteiger partial charge in [-0.25, -0.2) is 0 Å². The van der Waals surface area contributed by atoms with E-state index in [0.29, 0.717) is 6.61 Å². The van der Waals surface area contributed by atoms with E-state index in [4.69, 9.17) is 21.1 Å². The summed E-state index contributed by atoms with van der Waals surface area (Å²) >= 11 is 6.62. The minimum absolute atomic E-state index is 0.151. The molecule has 2 nitrogen and oxygen atoms in total. The Morgan fingerprint density at radius 3 is 2.62 bits per heavy atom. The topological polar surface area (TPSA) is 18.5 Å². The standard InChI is InChI=1S/C18H19ClO2/c1-3-20-16-7-4-13(5-8-16)18(19)14-6-9-17-15(11-14)10-12(2)21-17/h4-9,11-12,18H,3,10H2,1-2H3. The Bertz CT molecular complexity index is 622. The van der Waals surface area contributed by atoms with Crippen LogP contribution in [0.2, 0.25) is 0 Å². The Morgan fingerprint density at radius 2 is 1.90 bits per heavy atom. The predicted octanol–water partition coefficient (Wildman–Crippen LogP) is 4.74. The molecule has 1 heterocycles. The van der Waals surface area contributed by atoms with Gasteiger partial charge in [-0.2, -0.15) is 0 Å². The minimum Gasteiger partial charge on any atom is -0.494 e. The Hall–Kier alpha value is -1.67. The van der Waals surface area contributed by atoms with Crippen LogP contribution in [0.4, 0.5) is 0 Å². The zero-order valence-corrected chi connectivity index (χ0v) is 13.1. The van der Waals surface area contributed by atoms with Gasteiger partial charge in [-0.15, -0.1) is 11.6 Å². The number of hydrogen-bond donors (Lipinski definition) is 0. The lowest BCUT2D eigenvalue weighted by molar-refractivity contribution is 0.254. The largest absolute Gasteiger partial charge is 0.494 e. The third-order valence-corrected chi connectivity index (χ3v) is 4.20. The van der Waals surface area contributed by atoms with Crippen molar-refractivity contribution in [2.45, 2.75) is 31.7 Å². The van der Waals surface area contributed by atoms with Crippen molar-refractivity contribution in [1.82, 2.24) is 0 Å². The van der Waals surface area contributed by atoms with Gasteiger partial charge in [-0.3, -0.25) is 0 Å². The molecule has 1 aliphatic heterocycles. The van der Waals surface area contributed by atoms with Crippen LogP contribution in [-0.4, -0.2) is 12.7 Å². The van der Waals surface area contributed by atoms with Gasteiger partial charge in [0.1, 0.15) is 17.6 Å². The maximum absolute atomic E-state index is 6.62. The van der Waals surface area contributed by atoms with E-state index in [9.17, 15) is 0 Å². The number of ether oxygens (including phenoxy) is 2. The first kappa shape index (κ1) is 14.3. The summed E-state index contributed by atoms with van der Waals surface area (Å²) in [5.74, 6) is 1.86. The number of rotatable bonds is 4. The second kappa shape index (κ2) is 5.98. The summed E-state index contributed by atoms with van der Waals surface area (Å²) < 4.78 is 11.2. The summed E-state index contributed by atoms with van der Waals surface area (Å²) in [7, 11) is 0. The van der Waals surface area contributed by atoms with Crippen LogP contribution in [0.15, 0.2) is 42.5 Å². The molecule has 2 aromatic rings. The monoisotopic (exact) mass is 302 g/mol. The molecule has 0 saturated carbocycles. The lowest BCUT2D eigenvalue weighted by atomic mass is 10.0. The molecule has 3 rings (SSSR count). The maximum Gasteiger partial charge on any atom is 0.123 e. The second-order valence-electron chi connectivity index (χ2n) is 5.36. The normalized spacial score (nSPS) is 18.0. The average Bonchev–Trinajstić information content (AvgIpc) is 2.86. The lowest BCUT2D eigenvalue weighted by Crippen LogP contribution is -2.05. The quantitative estimate of drug-likeness (QED) is 0.760. The highest BCUT2D eigenvalue weighted by atomic mass is 35.5. The van der Waals surface area contributed by atoms with Gasteiger partial charge in [0, 0.05) is 6.42 Å². The van der Waals surface area contributed by atoms with Crippen molar-refractivity contribution in [3.8, 4) is 11.5 Å². The number of hydrogen-bond acceptors (Lipinski definition) is 2. The van der Waals surface area contributed by atoms with Crippen LogP contribution in [0.3, 0.4) is 0 Å². The highest BCUT2D eigenvalue weighted by Gasteiger charge is 2.21. The molecular formula is C18H19ClO2. The van der Waals surface area contributed by atoms with E-state index in [0.717, 1.165) is 29.0 Å². The molecule has 0 aromatic heterocycles. The van der Waals surface area contributed by atoms with Crippen LogP contribution in [0.1, 0.15) is 35.9 Å². The Morgan fingerprint density at radius 1 is 1.19 bits per heavy atom. The second-order valence-corrected chi connectivity index (χ2v) is 5.80. The van der Waals surface area contributed by atoms with Crippen LogP contribution in [0, 0.1) is 0 Å². The molecule has 2 unspecified atom stereocenters. The molecule has 1 aliphatic rings. The molecule has 0 amide bonds. The fraction of sp³-hybridized carbons (Fsp3) is 0.333. The van der Waals surface area contributed by atoms with Crippen molar-refractivity contribution in [1.29, 1.82) is 0 Å². The lowest BCUT2D eigenvalue weighted by Gasteiger charge is -2.12. The molecule has 110 valence electrons. The van der Waals surface area contributed by atoms with Gasteiger partial charge < -0.3 is 9.47 Å². The number of halogens is 1. The van der Waals surface area contributed by atoms with E-state index in [1.165, 1.54) is 5.56 Å². The number of fused-ring (bicyclic) bond motifs is 1. The van der Waals surface area contributed by atoms with E-state index >= 15 is 0 Å². The number of benzene rings is 2. The Balaban J connectivity index is 1.82. The molecule has 0 radical (unpaired) electrons. The van der Waals surface area contributed by atoms with Gasteiger partial charge in [-0.1, -0.05) is 24.3 Å². The highest BCUT2D eigenvalue weighted by molar-refractivity contribution is 6.22. The molecule has 2 atom stereocenters. The zero-order chi connectivity index (χ0) is 14.8. The first-order valence-corrected chi connectivity index (χ1v) is 7.77. The van der Waals surface area contributed by atoms with Gasteiger partial charge >= 0.3 is 0 Å². The van der Waals surface area contributed by atoms with Crippen molar-refractivity contribution < 1.29 is 9.47 Å². The first-order valence-electron chi connectivity index (χ1n) is 7.33. The SMILES string of the molecule is CCOc1ccc(C(Cl)c2ccc3c(c2)CC(C)O3)cc1. The van der Waals surface area contributed by atoms with Crippen molar-refractivity contribution in [3.05, 3.63) is 59.2 Å². The number of alkyl halides is 1. The van der Waals surface area contributed by atoms with Crippen molar-refractivity contribution in [3.63, 3.8) is 0 Å². The van der Waals surface area contributed by atoms with Crippen LogP contribution < -0.4 is 9.47 Å². The third-order valence-electron chi connectivity index (χ3n) is 3.70. The van der Waals surface area contributed by atoms with Crippen molar-refractivity contribution in [2.75, 3.05) is 6.61 Å². The van der Waals surface area contributed by atoms with Crippen LogP contribution in [0.5, 0.6) is 11.5 Å². The summed E-state index contributed by atoms with van der Waals surface area (Å²) in [5, 5.41) is -0.151. The summed E-state index contributed by atoms with van der Waals surface area (Å²) in [6.07, 6.45) is 1.21. The molecule has 0 fully saturated rings. The van der Waals surface area contributed by atoms with Crippen LogP contribution in [0.25, 0.3) is 0 Å². The Labute approximate surface area is 130 Å². The smallest absolute Gasteiger partial charge is 0.123 e. The van der Waals surface area contributed by atoms with Crippen molar-refractivity contribution in [2.24, 2.45) is 0 Å². The zero-order valence-electron chi connectivity index (χ0n) is 12.3. The molecule has 0 N–H and O–H groups in total. The maximum atomic E-state index is 6.62.